The lowest BCUT2D eigenvalue weighted by molar-refractivity contribution is -0.0199. The van der Waals surface area contributed by atoms with Crippen molar-refractivity contribution in [3.05, 3.63) is 43.0 Å². The summed E-state index contributed by atoms with van der Waals surface area (Å²) in [4.78, 5) is 19.6. The highest BCUT2D eigenvalue weighted by Gasteiger charge is 2.42. The summed E-state index contributed by atoms with van der Waals surface area (Å²) in [5.74, 6) is 0.489. The van der Waals surface area contributed by atoms with Gasteiger partial charge in [-0.1, -0.05) is 19.6 Å². The average molecular weight is 632 g/mol. The molecule has 1 aromatic carbocycles. The minimum atomic E-state index is -1.20. The Morgan fingerprint density at radius 1 is 1.07 bits per heavy atom. The molecule has 6 rings (SSSR count). The normalized spacial score (nSPS) is 20.4. The number of ether oxygens (including phenoxy) is 2. The third-order valence-corrected chi connectivity index (χ3v) is 10.2. The Kier molecular flexibility index (Phi) is 8.66. The van der Waals surface area contributed by atoms with Crippen LogP contribution in [0, 0.1) is 0 Å². The van der Waals surface area contributed by atoms with E-state index in [1.807, 2.05) is 65.6 Å². The van der Waals surface area contributed by atoms with E-state index in [-0.39, 0.29) is 24.2 Å². The SMILES string of the molecule is CC(C)(C)OC(=O)N1[C@@H]2CCC[C@H]1CC(Nc1ncc(-c3ccc(-n4cccn4)c4c3cnn4COCC[Si](C)(C)C)nn1)C2. The molecule has 3 aromatic heterocycles. The Bertz CT molecular complexity index is 1600. The quantitative estimate of drug-likeness (QED) is 0.172. The van der Waals surface area contributed by atoms with Crippen molar-refractivity contribution in [1.82, 2.24) is 39.6 Å². The Morgan fingerprint density at radius 3 is 2.49 bits per heavy atom. The molecule has 12 nitrogen and oxygen atoms in total. The largest absolute Gasteiger partial charge is 0.444 e. The average Bonchev–Trinajstić information content (AvgIpc) is 3.65. The fraction of sp³-hybridized carbons (Fsp3) is 0.562. The van der Waals surface area contributed by atoms with Crippen LogP contribution in [0.4, 0.5) is 10.7 Å². The number of rotatable bonds is 9. The summed E-state index contributed by atoms with van der Waals surface area (Å²) in [6.45, 7) is 13.8. The zero-order valence-corrected chi connectivity index (χ0v) is 28.2. The van der Waals surface area contributed by atoms with Gasteiger partial charge < -0.3 is 19.7 Å². The van der Waals surface area contributed by atoms with Gasteiger partial charge in [0.2, 0.25) is 5.95 Å². The number of hydrogen-bond donors (Lipinski definition) is 1. The minimum absolute atomic E-state index is 0.148. The van der Waals surface area contributed by atoms with Crippen LogP contribution in [0.15, 0.2) is 43.0 Å². The number of amides is 1. The molecule has 0 aliphatic carbocycles. The summed E-state index contributed by atoms with van der Waals surface area (Å²) in [6, 6.07) is 7.49. The van der Waals surface area contributed by atoms with Gasteiger partial charge in [-0.15, -0.1) is 10.2 Å². The molecule has 45 heavy (non-hydrogen) atoms. The lowest BCUT2D eigenvalue weighted by Crippen LogP contribution is -2.58. The molecule has 2 aliphatic heterocycles. The highest BCUT2D eigenvalue weighted by atomic mass is 28.3. The highest BCUT2D eigenvalue weighted by Crippen LogP contribution is 2.36. The molecule has 1 unspecified atom stereocenters. The molecule has 0 radical (unpaired) electrons. The summed E-state index contributed by atoms with van der Waals surface area (Å²) >= 11 is 0. The lowest BCUT2D eigenvalue weighted by Gasteiger charge is -2.48. The van der Waals surface area contributed by atoms with E-state index in [0.717, 1.165) is 60.3 Å². The van der Waals surface area contributed by atoms with Crippen molar-refractivity contribution in [2.75, 3.05) is 11.9 Å². The molecule has 240 valence electrons. The number of benzene rings is 1. The van der Waals surface area contributed by atoms with Crippen molar-refractivity contribution in [1.29, 1.82) is 0 Å². The third-order valence-electron chi connectivity index (χ3n) is 8.49. The maximum atomic E-state index is 13.0. The molecule has 1 N–H and O–H groups in total. The van der Waals surface area contributed by atoms with E-state index in [0.29, 0.717) is 25.0 Å². The van der Waals surface area contributed by atoms with E-state index in [2.05, 4.69) is 45.2 Å². The standard InChI is InChI=1S/C32H45N9O3Si/c1-32(2,3)44-31(42)41-23-9-7-10-24(41)18-22(17-23)36-30-33-20-27(37-38-30)25-11-12-28(39-14-8-13-34-39)29-26(25)19-35-40(29)21-43-15-16-45(4,5)6/h8,11-14,19-20,22-24H,7,9-10,15-18,21H2,1-6H3,(H,33,36,38)/t22?,23-,24+. The minimum Gasteiger partial charge on any atom is -0.444 e. The Labute approximate surface area is 265 Å². The number of nitrogens with one attached hydrogen (secondary N) is 1. The highest BCUT2D eigenvalue weighted by molar-refractivity contribution is 6.76. The van der Waals surface area contributed by atoms with Crippen LogP contribution in [0.1, 0.15) is 52.9 Å². The zero-order valence-electron chi connectivity index (χ0n) is 27.2. The van der Waals surface area contributed by atoms with Crippen LogP contribution in [0.5, 0.6) is 0 Å². The number of carbonyl (C=O) groups is 1. The van der Waals surface area contributed by atoms with Crippen LogP contribution in [0.2, 0.25) is 25.7 Å². The fourth-order valence-electron chi connectivity index (χ4n) is 6.39. The molecular weight excluding hydrogens is 586 g/mol. The Morgan fingerprint density at radius 2 is 1.84 bits per heavy atom. The number of fused-ring (bicyclic) bond motifs is 3. The first-order valence-electron chi connectivity index (χ1n) is 16.0. The van der Waals surface area contributed by atoms with Crippen molar-refractivity contribution >= 4 is 31.0 Å². The van der Waals surface area contributed by atoms with E-state index in [1.165, 1.54) is 0 Å². The summed E-state index contributed by atoms with van der Waals surface area (Å²) in [5.41, 5.74) is 2.87. The molecule has 2 fully saturated rings. The van der Waals surface area contributed by atoms with E-state index in [4.69, 9.17) is 14.6 Å². The maximum Gasteiger partial charge on any atom is 0.410 e. The molecule has 4 aromatic rings. The maximum absolute atomic E-state index is 13.0. The summed E-state index contributed by atoms with van der Waals surface area (Å²) < 4.78 is 15.5. The van der Waals surface area contributed by atoms with Crippen molar-refractivity contribution < 1.29 is 14.3 Å². The van der Waals surface area contributed by atoms with Crippen LogP contribution >= 0.6 is 0 Å². The molecule has 0 saturated carbocycles. The summed E-state index contributed by atoms with van der Waals surface area (Å²) in [6.07, 6.45) is 11.8. The number of hydrogen-bond acceptors (Lipinski definition) is 9. The lowest BCUT2D eigenvalue weighted by atomic mass is 9.82. The second kappa shape index (κ2) is 12.5. The van der Waals surface area contributed by atoms with E-state index < -0.39 is 13.7 Å². The van der Waals surface area contributed by atoms with Gasteiger partial charge >= 0.3 is 6.09 Å². The van der Waals surface area contributed by atoms with Crippen LogP contribution < -0.4 is 5.32 Å². The van der Waals surface area contributed by atoms with Crippen molar-refractivity contribution in [2.45, 2.75) is 109 Å². The number of piperidine rings is 2. The molecule has 0 spiro atoms. The predicted octanol–water partition coefficient (Wildman–Crippen LogP) is 6.12. The van der Waals surface area contributed by atoms with Crippen molar-refractivity contribution in [2.24, 2.45) is 0 Å². The van der Waals surface area contributed by atoms with Gasteiger partial charge in [-0.05, 0) is 77.1 Å². The first-order valence-corrected chi connectivity index (χ1v) is 19.7. The van der Waals surface area contributed by atoms with Gasteiger partial charge in [0.15, 0.2) is 0 Å². The van der Waals surface area contributed by atoms with Gasteiger partial charge in [0.05, 0.1) is 23.6 Å². The monoisotopic (exact) mass is 631 g/mol. The second-order valence-corrected chi connectivity index (χ2v) is 20.1. The van der Waals surface area contributed by atoms with Crippen LogP contribution in [0.25, 0.3) is 27.8 Å². The predicted molar refractivity (Wildman–Crippen MR) is 176 cm³/mol. The molecule has 2 saturated heterocycles. The van der Waals surface area contributed by atoms with Crippen LogP contribution in [-0.2, 0) is 16.2 Å². The van der Waals surface area contributed by atoms with Gasteiger partial charge in [0, 0.05) is 56.1 Å². The van der Waals surface area contributed by atoms with Crippen LogP contribution in [0.3, 0.4) is 0 Å². The first kappa shape index (κ1) is 31.2. The molecular formula is C32H45N9O3Si. The topological polar surface area (TPSA) is 125 Å². The smallest absolute Gasteiger partial charge is 0.410 e. The van der Waals surface area contributed by atoms with E-state index in [1.54, 1.807) is 12.4 Å². The Balaban J connectivity index is 1.19. The van der Waals surface area contributed by atoms with Gasteiger partial charge in [0.1, 0.15) is 18.0 Å². The fourth-order valence-corrected chi connectivity index (χ4v) is 7.15. The molecule has 3 atom stereocenters. The van der Waals surface area contributed by atoms with Gasteiger partial charge in [0.25, 0.3) is 0 Å². The second-order valence-electron chi connectivity index (χ2n) is 14.4. The third kappa shape index (κ3) is 7.19. The van der Waals surface area contributed by atoms with E-state index >= 15 is 0 Å². The van der Waals surface area contributed by atoms with Crippen LogP contribution in [-0.4, -0.2) is 84.1 Å². The zero-order chi connectivity index (χ0) is 31.8. The first-order chi connectivity index (χ1) is 21.4. The summed E-state index contributed by atoms with van der Waals surface area (Å²) in [5, 5.41) is 22.6. The molecule has 1 amide bonds. The molecule has 2 aliphatic rings. The number of anilines is 1. The molecule has 2 bridgehead atoms. The Hall–Kier alpha value is -3.84. The van der Waals surface area contributed by atoms with E-state index in [9.17, 15) is 4.79 Å². The van der Waals surface area contributed by atoms with Gasteiger partial charge in [-0.25, -0.2) is 19.1 Å². The van der Waals surface area contributed by atoms with Gasteiger partial charge in [-0.2, -0.15) is 10.2 Å². The van der Waals surface area contributed by atoms with Gasteiger partial charge in [-0.3, -0.25) is 0 Å². The number of carbonyl (C=O) groups excluding carboxylic acids is 1. The number of nitrogens with zero attached hydrogens (tertiary/aromatic N) is 8. The number of aromatic nitrogens is 7. The van der Waals surface area contributed by atoms with Crippen molar-refractivity contribution in [3.63, 3.8) is 0 Å². The molecule has 5 heterocycles. The van der Waals surface area contributed by atoms with Crippen molar-refractivity contribution in [3.8, 4) is 16.9 Å². The molecule has 13 heteroatoms. The summed E-state index contributed by atoms with van der Waals surface area (Å²) in [7, 11) is -1.20.